The van der Waals surface area contributed by atoms with E-state index < -0.39 is 0 Å². The van der Waals surface area contributed by atoms with Crippen molar-refractivity contribution in [3.63, 3.8) is 0 Å². The summed E-state index contributed by atoms with van der Waals surface area (Å²) in [6.07, 6.45) is 1.92. The van der Waals surface area contributed by atoms with Crippen LogP contribution < -0.4 is 15.8 Å². The fourth-order valence-electron chi connectivity index (χ4n) is 5.55. The van der Waals surface area contributed by atoms with Crippen LogP contribution in [0.3, 0.4) is 0 Å². The fraction of sp³-hybridized carbons (Fsp3) is 0.548. The van der Waals surface area contributed by atoms with E-state index in [1.807, 2.05) is 32.9 Å². The summed E-state index contributed by atoms with van der Waals surface area (Å²) in [5.41, 5.74) is 5.51. The number of aromatic amines is 1. The number of piperazine rings is 1. The lowest BCUT2D eigenvalue weighted by atomic mass is 9.98. The summed E-state index contributed by atoms with van der Waals surface area (Å²) in [7, 11) is 2.15. The number of anilines is 1. The maximum absolute atomic E-state index is 13.5. The van der Waals surface area contributed by atoms with E-state index >= 15 is 0 Å². The van der Waals surface area contributed by atoms with Crippen molar-refractivity contribution in [2.45, 2.75) is 53.1 Å². The summed E-state index contributed by atoms with van der Waals surface area (Å²) >= 11 is 0. The predicted octanol–water partition coefficient (Wildman–Crippen LogP) is 2.83. The van der Waals surface area contributed by atoms with Crippen LogP contribution in [-0.2, 0) is 11.3 Å². The van der Waals surface area contributed by atoms with E-state index in [-0.39, 0.29) is 18.0 Å². The van der Waals surface area contributed by atoms with Crippen LogP contribution >= 0.6 is 0 Å². The second-order valence-corrected chi connectivity index (χ2v) is 10.8. The molecule has 4 rings (SSSR count). The van der Waals surface area contributed by atoms with E-state index in [4.69, 9.17) is 4.74 Å². The van der Waals surface area contributed by atoms with Crippen LogP contribution in [0.5, 0.6) is 0 Å². The highest BCUT2D eigenvalue weighted by molar-refractivity contribution is 5.97. The zero-order chi connectivity index (χ0) is 27.9. The van der Waals surface area contributed by atoms with Gasteiger partial charge in [0.25, 0.3) is 11.5 Å². The zero-order valence-corrected chi connectivity index (χ0v) is 24.2. The molecule has 0 bridgehead atoms. The number of H-pyrrole nitrogens is 1. The Morgan fingerprint density at radius 2 is 1.85 bits per heavy atom. The van der Waals surface area contributed by atoms with Gasteiger partial charge in [-0.3, -0.25) is 14.5 Å². The molecule has 210 valence electrons. The molecule has 2 N–H and O–H groups in total. The summed E-state index contributed by atoms with van der Waals surface area (Å²) in [6.45, 7) is 15.3. The number of hydrogen-bond acceptors (Lipinski definition) is 6. The highest BCUT2D eigenvalue weighted by Gasteiger charge is 2.24. The Labute approximate surface area is 232 Å². The van der Waals surface area contributed by atoms with Gasteiger partial charge in [0.1, 0.15) is 0 Å². The zero-order valence-electron chi connectivity index (χ0n) is 24.2. The van der Waals surface area contributed by atoms with Crippen molar-refractivity contribution >= 4 is 11.6 Å². The van der Waals surface area contributed by atoms with Gasteiger partial charge in [-0.2, -0.15) is 0 Å². The number of nitrogens with zero attached hydrogens (tertiary/aromatic N) is 3. The van der Waals surface area contributed by atoms with Crippen LogP contribution in [0.4, 0.5) is 5.69 Å². The SMILES string of the molecule is CCN(c1cc(C#CCN2CCN(C)CC2)cc(C(=O)NCc2c(C)cc(C)[nH]c2=O)c1C)C1CCOCC1. The van der Waals surface area contributed by atoms with Crippen molar-refractivity contribution in [1.82, 2.24) is 20.1 Å². The third-order valence-corrected chi connectivity index (χ3v) is 7.96. The van der Waals surface area contributed by atoms with Gasteiger partial charge in [-0.15, -0.1) is 0 Å². The standard InChI is InChI=1S/C31H43N5O3/c1-6-36(26-9-16-39-17-10-26)29-20-25(8-7-11-35-14-12-34(5)13-15-35)19-27(24(29)4)30(37)32-21-28-22(2)18-23(3)33-31(28)38/h18-20,26H,6,9-17,21H2,1-5H3,(H,32,37)(H,33,38). The Morgan fingerprint density at radius 1 is 1.13 bits per heavy atom. The van der Waals surface area contributed by atoms with Gasteiger partial charge in [-0.05, 0) is 76.9 Å². The predicted molar refractivity (Wildman–Crippen MR) is 157 cm³/mol. The van der Waals surface area contributed by atoms with E-state index in [9.17, 15) is 9.59 Å². The van der Waals surface area contributed by atoms with Crippen LogP contribution in [0.2, 0.25) is 0 Å². The molecular weight excluding hydrogens is 490 g/mol. The third-order valence-electron chi connectivity index (χ3n) is 7.96. The van der Waals surface area contributed by atoms with Crippen LogP contribution in [0.1, 0.15) is 58.1 Å². The van der Waals surface area contributed by atoms with Gasteiger partial charge in [-0.25, -0.2) is 0 Å². The summed E-state index contributed by atoms with van der Waals surface area (Å²) in [4.78, 5) is 36.0. The molecule has 2 aliphatic heterocycles. The number of carbonyl (C=O) groups excluding carboxylic acids is 1. The lowest BCUT2D eigenvalue weighted by Gasteiger charge is -2.36. The Hall–Kier alpha value is -3.12. The third kappa shape index (κ3) is 7.30. The number of nitrogens with one attached hydrogen (secondary N) is 2. The van der Waals surface area contributed by atoms with Crippen molar-refractivity contribution in [1.29, 1.82) is 0 Å². The van der Waals surface area contributed by atoms with E-state index in [1.165, 1.54) is 0 Å². The molecule has 1 aromatic heterocycles. The molecule has 0 spiro atoms. The van der Waals surface area contributed by atoms with Crippen LogP contribution in [-0.4, -0.2) is 86.3 Å². The molecule has 0 unspecified atom stereocenters. The molecule has 2 aliphatic rings. The summed E-state index contributed by atoms with van der Waals surface area (Å²) in [5, 5.41) is 3.00. The second-order valence-electron chi connectivity index (χ2n) is 10.8. The lowest BCUT2D eigenvalue weighted by molar-refractivity contribution is 0.0845. The van der Waals surface area contributed by atoms with E-state index in [1.54, 1.807) is 0 Å². The van der Waals surface area contributed by atoms with Gasteiger partial charge >= 0.3 is 0 Å². The lowest BCUT2D eigenvalue weighted by Crippen LogP contribution is -2.44. The van der Waals surface area contributed by atoms with E-state index in [0.717, 1.165) is 86.9 Å². The Kier molecular flexibility index (Phi) is 9.84. The first-order chi connectivity index (χ1) is 18.8. The normalized spacial score (nSPS) is 16.9. The first-order valence-electron chi connectivity index (χ1n) is 14.1. The van der Waals surface area contributed by atoms with Gasteiger partial charge in [0.2, 0.25) is 0 Å². The Morgan fingerprint density at radius 3 is 2.51 bits per heavy atom. The minimum atomic E-state index is -0.195. The molecule has 2 saturated heterocycles. The van der Waals surface area contributed by atoms with E-state index in [2.05, 4.69) is 56.9 Å². The number of carbonyl (C=O) groups is 1. The molecule has 8 nitrogen and oxygen atoms in total. The number of benzene rings is 1. The number of rotatable bonds is 7. The minimum Gasteiger partial charge on any atom is -0.381 e. The van der Waals surface area contributed by atoms with Crippen molar-refractivity contribution in [2.24, 2.45) is 0 Å². The molecule has 0 radical (unpaired) electrons. The van der Waals surface area contributed by atoms with Gasteiger partial charge in [0, 0.05) is 86.6 Å². The van der Waals surface area contributed by atoms with Crippen LogP contribution in [0, 0.1) is 32.6 Å². The molecule has 39 heavy (non-hydrogen) atoms. The minimum absolute atomic E-state index is 0.162. The number of hydrogen-bond donors (Lipinski definition) is 2. The average Bonchev–Trinajstić information content (AvgIpc) is 2.91. The highest BCUT2D eigenvalue weighted by Crippen LogP contribution is 2.30. The van der Waals surface area contributed by atoms with Gasteiger partial charge in [-0.1, -0.05) is 11.8 Å². The number of ether oxygens (including phenoxy) is 1. The monoisotopic (exact) mass is 533 g/mol. The molecule has 2 fully saturated rings. The van der Waals surface area contributed by atoms with Crippen molar-refractivity contribution < 1.29 is 9.53 Å². The molecule has 0 saturated carbocycles. The van der Waals surface area contributed by atoms with Crippen molar-refractivity contribution in [3.05, 3.63) is 62.1 Å². The molecular formula is C31H43N5O3. The summed E-state index contributed by atoms with van der Waals surface area (Å²) < 4.78 is 5.62. The van der Waals surface area contributed by atoms with Crippen molar-refractivity contribution in [2.75, 3.05) is 64.4 Å². The van der Waals surface area contributed by atoms with E-state index in [0.29, 0.717) is 23.7 Å². The average molecular weight is 534 g/mol. The smallest absolute Gasteiger partial charge is 0.253 e. The van der Waals surface area contributed by atoms with Gasteiger partial charge < -0.3 is 24.8 Å². The maximum Gasteiger partial charge on any atom is 0.253 e. The van der Waals surface area contributed by atoms with Crippen LogP contribution in [0.15, 0.2) is 23.0 Å². The summed E-state index contributed by atoms with van der Waals surface area (Å²) in [6, 6.07) is 6.32. The number of amides is 1. The molecule has 0 aliphatic carbocycles. The topological polar surface area (TPSA) is 80.9 Å². The molecule has 3 heterocycles. The molecule has 8 heteroatoms. The molecule has 2 aromatic rings. The molecule has 0 atom stereocenters. The first-order valence-corrected chi connectivity index (χ1v) is 14.1. The fourth-order valence-corrected chi connectivity index (χ4v) is 5.55. The molecule has 1 aromatic carbocycles. The van der Waals surface area contributed by atoms with Crippen LogP contribution in [0.25, 0.3) is 0 Å². The Bertz CT molecular complexity index is 1280. The number of pyridine rings is 1. The molecule has 1 amide bonds. The highest BCUT2D eigenvalue weighted by atomic mass is 16.5. The number of aromatic nitrogens is 1. The Balaban J connectivity index is 1.62. The van der Waals surface area contributed by atoms with Gasteiger partial charge in [0.15, 0.2) is 0 Å². The number of aryl methyl sites for hydroxylation is 2. The van der Waals surface area contributed by atoms with Crippen molar-refractivity contribution in [3.8, 4) is 11.8 Å². The van der Waals surface area contributed by atoms with Gasteiger partial charge in [0.05, 0.1) is 6.54 Å². The second kappa shape index (κ2) is 13.3. The number of likely N-dealkylation sites (N-methyl/N-ethyl adjacent to an activating group) is 1. The maximum atomic E-state index is 13.5. The largest absolute Gasteiger partial charge is 0.381 e. The first kappa shape index (κ1) is 28.9. The quantitative estimate of drug-likeness (QED) is 0.533. The summed E-state index contributed by atoms with van der Waals surface area (Å²) in [5.74, 6) is 6.51.